The first kappa shape index (κ1) is 10.1. The van der Waals surface area contributed by atoms with E-state index in [0.29, 0.717) is 6.54 Å². The summed E-state index contributed by atoms with van der Waals surface area (Å²) < 4.78 is 1.13. The highest BCUT2D eigenvalue weighted by atomic mass is 32.1. The van der Waals surface area contributed by atoms with Crippen LogP contribution < -0.4 is 5.32 Å². The molecule has 0 atom stereocenters. The molecule has 2 aromatic rings. The molecule has 5 heteroatoms. The second-order valence-electron chi connectivity index (χ2n) is 3.07. The third-order valence-electron chi connectivity index (χ3n) is 1.89. The zero-order valence-electron chi connectivity index (χ0n) is 7.93. The lowest BCUT2D eigenvalue weighted by molar-refractivity contribution is -0.135. The summed E-state index contributed by atoms with van der Waals surface area (Å²) in [5.74, 6) is -0.851. The molecule has 0 aliphatic rings. The highest BCUT2D eigenvalue weighted by Gasteiger charge is 2.03. The average Bonchev–Trinajstić information content (AvgIpc) is 2.59. The number of fused-ring (bicyclic) bond motifs is 1. The van der Waals surface area contributed by atoms with E-state index in [2.05, 4.69) is 10.3 Å². The van der Waals surface area contributed by atoms with E-state index in [4.69, 9.17) is 5.11 Å². The van der Waals surface area contributed by atoms with E-state index < -0.39 is 5.97 Å². The summed E-state index contributed by atoms with van der Waals surface area (Å²) in [4.78, 5) is 14.7. The number of hydrogen-bond acceptors (Lipinski definition) is 4. The number of hydrogen-bond donors (Lipinski definition) is 2. The van der Waals surface area contributed by atoms with Gasteiger partial charge in [0.15, 0.2) is 0 Å². The van der Waals surface area contributed by atoms with E-state index >= 15 is 0 Å². The fourth-order valence-electron chi connectivity index (χ4n) is 1.27. The van der Waals surface area contributed by atoms with Crippen LogP contribution in [0.2, 0.25) is 0 Å². The standard InChI is InChI=1S/C10H10N2O2S/c13-10(14)6-11-5-9-12-7-3-1-2-4-8(7)15-9/h1-4,11H,5-6H2,(H,13,14). The van der Waals surface area contributed by atoms with E-state index in [1.54, 1.807) is 11.3 Å². The number of aliphatic carboxylic acids is 1. The van der Waals surface area contributed by atoms with Crippen molar-refractivity contribution in [1.82, 2.24) is 10.3 Å². The van der Waals surface area contributed by atoms with Crippen LogP contribution in [-0.2, 0) is 11.3 Å². The minimum absolute atomic E-state index is 0.0318. The van der Waals surface area contributed by atoms with Gasteiger partial charge in [-0.3, -0.25) is 4.79 Å². The number of nitrogens with one attached hydrogen (secondary N) is 1. The highest BCUT2D eigenvalue weighted by Crippen LogP contribution is 2.20. The normalized spacial score (nSPS) is 10.7. The summed E-state index contributed by atoms with van der Waals surface area (Å²) >= 11 is 1.58. The van der Waals surface area contributed by atoms with Crippen molar-refractivity contribution in [2.75, 3.05) is 6.54 Å². The number of aromatic nitrogens is 1. The zero-order chi connectivity index (χ0) is 10.7. The molecule has 0 bridgehead atoms. The van der Waals surface area contributed by atoms with Gasteiger partial charge < -0.3 is 10.4 Å². The zero-order valence-corrected chi connectivity index (χ0v) is 8.75. The molecule has 2 rings (SSSR count). The molecule has 0 spiro atoms. The van der Waals surface area contributed by atoms with Crippen LogP contribution in [0, 0.1) is 0 Å². The van der Waals surface area contributed by atoms with Crippen molar-refractivity contribution < 1.29 is 9.90 Å². The number of carboxylic acids is 1. The molecule has 0 saturated carbocycles. The highest BCUT2D eigenvalue weighted by molar-refractivity contribution is 7.18. The Labute approximate surface area is 90.6 Å². The van der Waals surface area contributed by atoms with E-state index in [1.165, 1.54) is 0 Å². The molecule has 2 N–H and O–H groups in total. The molecule has 0 fully saturated rings. The summed E-state index contributed by atoms with van der Waals surface area (Å²) in [6, 6.07) is 7.87. The molecule has 0 radical (unpaired) electrons. The predicted octanol–water partition coefficient (Wildman–Crippen LogP) is 1.47. The molecule has 78 valence electrons. The minimum Gasteiger partial charge on any atom is -0.480 e. The predicted molar refractivity (Wildman–Crippen MR) is 59.0 cm³/mol. The maximum absolute atomic E-state index is 10.3. The molecular weight excluding hydrogens is 212 g/mol. The van der Waals surface area contributed by atoms with Crippen LogP contribution in [-0.4, -0.2) is 22.6 Å². The molecule has 0 aliphatic heterocycles. The van der Waals surface area contributed by atoms with Crippen molar-refractivity contribution in [2.45, 2.75) is 6.54 Å². The lowest BCUT2D eigenvalue weighted by Crippen LogP contribution is -2.21. The second-order valence-corrected chi connectivity index (χ2v) is 4.19. The quantitative estimate of drug-likeness (QED) is 0.822. The molecule has 15 heavy (non-hydrogen) atoms. The van der Waals surface area contributed by atoms with Crippen molar-refractivity contribution in [3.05, 3.63) is 29.3 Å². The number of carbonyl (C=O) groups is 1. The van der Waals surface area contributed by atoms with E-state index in [0.717, 1.165) is 15.2 Å². The summed E-state index contributed by atoms with van der Waals surface area (Å²) in [5.41, 5.74) is 0.967. The van der Waals surface area contributed by atoms with Gasteiger partial charge in [-0.2, -0.15) is 0 Å². The van der Waals surface area contributed by atoms with Crippen molar-refractivity contribution in [2.24, 2.45) is 0 Å². The number of carboxylic acid groups (broad SMARTS) is 1. The van der Waals surface area contributed by atoms with Crippen molar-refractivity contribution in [1.29, 1.82) is 0 Å². The molecule has 1 heterocycles. The Morgan fingerprint density at radius 1 is 1.47 bits per heavy atom. The molecule has 0 aliphatic carbocycles. The van der Waals surface area contributed by atoms with E-state index in [1.807, 2.05) is 24.3 Å². The van der Waals surface area contributed by atoms with Crippen molar-refractivity contribution in [3.8, 4) is 0 Å². The van der Waals surface area contributed by atoms with Gasteiger partial charge in [-0.15, -0.1) is 11.3 Å². The summed E-state index contributed by atoms with van der Waals surface area (Å²) in [6.45, 7) is 0.474. The Balaban J connectivity index is 2.05. The number of para-hydroxylation sites is 1. The fourth-order valence-corrected chi connectivity index (χ4v) is 2.21. The maximum atomic E-state index is 10.3. The molecule has 1 aromatic heterocycles. The van der Waals surface area contributed by atoms with Gasteiger partial charge in [0.2, 0.25) is 0 Å². The first-order valence-corrected chi connectivity index (χ1v) is 5.34. The van der Waals surface area contributed by atoms with Crippen LogP contribution in [0.5, 0.6) is 0 Å². The van der Waals surface area contributed by atoms with Gasteiger partial charge in [0.1, 0.15) is 5.01 Å². The Kier molecular flexibility index (Phi) is 2.94. The van der Waals surface area contributed by atoms with Crippen LogP contribution in [0.25, 0.3) is 10.2 Å². The van der Waals surface area contributed by atoms with Crippen LogP contribution in [0.4, 0.5) is 0 Å². The molecule has 0 saturated heterocycles. The van der Waals surface area contributed by atoms with E-state index in [-0.39, 0.29) is 6.54 Å². The van der Waals surface area contributed by atoms with Gasteiger partial charge in [0.05, 0.1) is 16.8 Å². The monoisotopic (exact) mass is 222 g/mol. The maximum Gasteiger partial charge on any atom is 0.317 e. The molecule has 1 aromatic carbocycles. The Morgan fingerprint density at radius 3 is 3.00 bits per heavy atom. The average molecular weight is 222 g/mol. The Morgan fingerprint density at radius 2 is 2.27 bits per heavy atom. The van der Waals surface area contributed by atoms with Gasteiger partial charge in [-0.25, -0.2) is 4.98 Å². The molecular formula is C10H10N2O2S. The second kappa shape index (κ2) is 4.37. The first-order chi connectivity index (χ1) is 7.25. The van der Waals surface area contributed by atoms with Gasteiger partial charge in [0, 0.05) is 6.54 Å². The number of thiazole rings is 1. The van der Waals surface area contributed by atoms with Gasteiger partial charge in [-0.1, -0.05) is 12.1 Å². The Bertz CT molecular complexity index is 448. The van der Waals surface area contributed by atoms with Crippen molar-refractivity contribution >= 4 is 27.5 Å². The summed E-state index contributed by atoms with van der Waals surface area (Å²) in [6.07, 6.45) is 0. The number of benzene rings is 1. The summed E-state index contributed by atoms with van der Waals surface area (Å²) in [5, 5.41) is 12.2. The van der Waals surface area contributed by atoms with Crippen LogP contribution in [0.3, 0.4) is 0 Å². The van der Waals surface area contributed by atoms with Crippen molar-refractivity contribution in [3.63, 3.8) is 0 Å². The topological polar surface area (TPSA) is 62.2 Å². The molecule has 0 unspecified atom stereocenters. The van der Waals surface area contributed by atoms with Crippen LogP contribution in [0.1, 0.15) is 5.01 Å². The largest absolute Gasteiger partial charge is 0.480 e. The molecule has 0 amide bonds. The lowest BCUT2D eigenvalue weighted by atomic mass is 10.3. The summed E-state index contributed by atoms with van der Waals surface area (Å²) in [7, 11) is 0. The third-order valence-corrected chi connectivity index (χ3v) is 2.93. The third kappa shape index (κ3) is 2.51. The Hall–Kier alpha value is -1.46. The smallest absolute Gasteiger partial charge is 0.317 e. The SMILES string of the molecule is O=C(O)CNCc1nc2ccccc2s1. The van der Waals surface area contributed by atoms with Crippen LogP contribution >= 0.6 is 11.3 Å². The van der Waals surface area contributed by atoms with Gasteiger partial charge >= 0.3 is 5.97 Å². The molecule has 4 nitrogen and oxygen atoms in total. The first-order valence-electron chi connectivity index (χ1n) is 4.52. The van der Waals surface area contributed by atoms with Crippen LogP contribution in [0.15, 0.2) is 24.3 Å². The number of nitrogens with zero attached hydrogens (tertiary/aromatic N) is 1. The van der Waals surface area contributed by atoms with Gasteiger partial charge in [0.25, 0.3) is 0 Å². The van der Waals surface area contributed by atoms with Gasteiger partial charge in [-0.05, 0) is 12.1 Å². The fraction of sp³-hybridized carbons (Fsp3) is 0.200. The van der Waals surface area contributed by atoms with E-state index in [9.17, 15) is 4.79 Å². The number of rotatable bonds is 4. The lowest BCUT2D eigenvalue weighted by Gasteiger charge is -1.95. The minimum atomic E-state index is -0.851.